The largest absolute Gasteiger partial charge is 0.481 e. The molecule has 0 bridgehead atoms. The number of ether oxygens (including phenoxy) is 2. The number of hydrogen-bond acceptors (Lipinski definition) is 10. The summed E-state index contributed by atoms with van der Waals surface area (Å²) >= 11 is 0. The third-order valence-electron chi connectivity index (χ3n) is 5.66. The smallest absolute Gasteiger partial charge is 0.410 e. The molecule has 32 heavy (non-hydrogen) atoms. The van der Waals surface area contributed by atoms with E-state index in [4.69, 9.17) is 19.7 Å². The maximum atomic E-state index is 12.0. The molecule has 1 atom stereocenters. The van der Waals surface area contributed by atoms with Crippen LogP contribution in [0.15, 0.2) is 16.9 Å². The zero-order valence-electron chi connectivity index (χ0n) is 18.6. The first kappa shape index (κ1) is 22.3. The molecule has 0 aromatic carbocycles. The SMILES string of the molecule is CC(C)OC(=O)N1CCC(c2noc(COc3cnc(N4CCCC(N)C4)nc3)n2)CC1. The number of hydrogen-bond donors (Lipinski definition) is 1. The van der Waals surface area contributed by atoms with Crippen LogP contribution < -0.4 is 15.4 Å². The zero-order chi connectivity index (χ0) is 22.5. The lowest BCUT2D eigenvalue weighted by Crippen LogP contribution is -2.43. The molecule has 11 nitrogen and oxygen atoms in total. The van der Waals surface area contributed by atoms with Gasteiger partial charge in [0.1, 0.15) is 0 Å². The minimum atomic E-state index is -0.267. The van der Waals surface area contributed by atoms with Crippen molar-refractivity contribution in [1.82, 2.24) is 25.0 Å². The molecule has 2 fully saturated rings. The zero-order valence-corrected chi connectivity index (χ0v) is 18.6. The quantitative estimate of drug-likeness (QED) is 0.704. The van der Waals surface area contributed by atoms with Crippen LogP contribution >= 0.6 is 0 Å². The Balaban J connectivity index is 1.25. The van der Waals surface area contributed by atoms with Crippen LogP contribution in [-0.4, -0.2) is 69.4 Å². The van der Waals surface area contributed by atoms with Gasteiger partial charge in [-0.25, -0.2) is 14.8 Å². The van der Waals surface area contributed by atoms with Crippen LogP contribution in [0.25, 0.3) is 0 Å². The minimum absolute atomic E-state index is 0.121. The highest BCUT2D eigenvalue weighted by Crippen LogP contribution is 2.26. The lowest BCUT2D eigenvalue weighted by Gasteiger charge is -2.30. The first-order chi connectivity index (χ1) is 15.5. The van der Waals surface area contributed by atoms with Gasteiger partial charge in [0.2, 0.25) is 5.95 Å². The molecule has 11 heteroatoms. The number of piperidine rings is 2. The second kappa shape index (κ2) is 10.1. The number of likely N-dealkylation sites (tertiary alicyclic amines) is 1. The van der Waals surface area contributed by atoms with Crippen molar-refractivity contribution in [3.05, 3.63) is 24.1 Å². The van der Waals surface area contributed by atoms with Crippen molar-refractivity contribution >= 4 is 12.0 Å². The monoisotopic (exact) mass is 445 g/mol. The lowest BCUT2D eigenvalue weighted by atomic mass is 9.96. The number of amides is 1. The van der Waals surface area contributed by atoms with Gasteiger partial charge in [-0.2, -0.15) is 4.98 Å². The van der Waals surface area contributed by atoms with Gasteiger partial charge in [0, 0.05) is 38.1 Å². The van der Waals surface area contributed by atoms with Gasteiger partial charge in [0.15, 0.2) is 18.2 Å². The molecule has 2 aliphatic heterocycles. The summed E-state index contributed by atoms with van der Waals surface area (Å²) in [5.41, 5.74) is 6.03. The van der Waals surface area contributed by atoms with Gasteiger partial charge in [0.25, 0.3) is 5.89 Å². The number of aromatic nitrogens is 4. The Morgan fingerprint density at radius 1 is 1.22 bits per heavy atom. The molecule has 1 unspecified atom stereocenters. The summed E-state index contributed by atoms with van der Waals surface area (Å²) in [6.45, 7) is 6.74. The Hall–Kier alpha value is -2.95. The van der Waals surface area contributed by atoms with E-state index < -0.39 is 0 Å². The fraction of sp³-hybridized carbons (Fsp3) is 0.667. The van der Waals surface area contributed by atoms with Gasteiger partial charge in [-0.1, -0.05) is 5.16 Å². The van der Waals surface area contributed by atoms with Crippen LogP contribution in [0.1, 0.15) is 57.2 Å². The Bertz CT molecular complexity index is 881. The molecule has 2 aromatic heterocycles. The highest BCUT2D eigenvalue weighted by molar-refractivity contribution is 5.67. The maximum absolute atomic E-state index is 12.0. The van der Waals surface area contributed by atoms with Gasteiger partial charge < -0.3 is 29.5 Å². The highest BCUT2D eigenvalue weighted by atomic mass is 16.6. The van der Waals surface area contributed by atoms with Crippen molar-refractivity contribution < 1.29 is 18.8 Å². The fourth-order valence-corrected chi connectivity index (χ4v) is 3.97. The van der Waals surface area contributed by atoms with E-state index in [1.54, 1.807) is 17.3 Å². The summed E-state index contributed by atoms with van der Waals surface area (Å²) in [5, 5.41) is 4.10. The molecule has 1 amide bonds. The van der Waals surface area contributed by atoms with Crippen molar-refractivity contribution in [3.63, 3.8) is 0 Å². The normalized spacial score (nSPS) is 19.9. The number of carbonyl (C=O) groups excluding carboxylic acids is 1. The summed E-state index contributed by atoms with van der Waals surface area (Å²) in [6, 6.07) is 0.163. The average molecular weight is 446 g/mol. The Morgan fingerprint density at radius 2 is 1.97 bits per heavy atom. The number of nitrogens with zero attached hydrogens (tertiary/aromatic N) is 6. The first-order valence-electron chi connectivity index (χ1n) is 11.2. The van der Waals surface area contributed by atoms with Gasteiger partial charge in [0.05, 0.1) is 18.5 Å². The molecule has 174 valence electrons. The predicted molar refractivity (Wildman–Crippen MR) is 115 cm³/mol. The van der Waals surface area contributed by atoms with Crippen molar-refractivity contribution in [2.45, 2.75) is 64.2 Å². The van der Waals surface area contributed by atoms with Gasteiger partial charge in [-0.05, 0) is 39.5 Å². The van der Waals surface area contributed by atoms with E-state index >= 15 is 0 Å². The van der Waals surface area contributed by atoms with Crippen LogP contribution in [0.2, 0.25) is 0 Å². The summed E-state index contributed by atoms with van der Waals surface area (Å²) < 4.78 is 16.3. The van der Waals surface area contributed by atoms with E-state index in [0.717, 1.165) is 38.8 Å². The third kappa shape index (κ3) is 5.64. The minimum Gasteiger partial charge on any atom is -0.481 e. The average Bonchev–Trinajstić information content (AvgIpc) is 3.27. The molecule has 2 aliphatic rings. The van der Waals surface area contributed by atoms with Crippen LogP contribution in [-0.2, 0) is 11.3 Å². The molecule has 0 aliphatic carbocycles. The number of carbonyl (C=O) groups is 1. The Labute approximate surface area is 187 Å². The molecule has 0 radical (unpaired) electrons. The standard InChI is InChI=1S/C21H31N7O4/c1-14(2)31-21(29)27-8-5-15(6-9-27)19-25-18(32-26-19)13-30-17-10-23-20(24-11-17)28-7-3-4-16(22)12-28/h10-11,14-16H,3-9,12-13,22H2,1-2H3. The summed E-state index contributed by atoms with van der Waals surface area (Å²) in [4.78, 5) is 29.1. The molecule has 0 spiro atoms. The molecule has 2 N–H and O–H groups in total. The van der Waals surface area contributed by atoms with Gasteiger partial charge >= 0.3 is 6.09 Å². The maximum Gasteiger partial charge on any atom is 0.410 e. The molecular weight excluding hydrogens is 414 g/mol. The number of anilines is 1. The summed E-state index contributed by atoms with van der Waals surface area (Å²) in [5.74, 6) is 2.39. The molecule has 4 heterocycles. The van der Waals surface area contributed by atoms with E-state index in [2.05, 4.69) is 25.0 Å². The van der Waals surface area contributed by atoms with Crippen LogP contribution in [0.5, 0.6) is 5.75 Å². The lowest BCUT2D eigenvalue weighted by molar-refractivity contribution is 0.0688. The molecule has 0 saturated carbocycles. The first-order valence-corrected chi connectivity index (χ1v) is 11.2. The van der Waals surface area contributed by atoms with E-state index in [0.29, 0.717) is 36.5 Å². The third-order valence-corrected chi connectivity index (χ3v) is 5.66. The molecule has 4 rings (SSSR count). The predicted octanol–water partition coefficient (Wildman–Crippen LogP) is 2.09. The van der Waals surface area contributed by atoms with Crippen LogP contribution in [0, 0.1) is 0 Å². The van der Waals surface area contributed by atoms with E-state index in [-0.39, 0.29) is 30.8 Å². The van der Waals surface area contributed by atoms with Crippen molar-refractivity contribution in [3.8, 4) is 5.75 Å². The summed E-state index contributed by atoms with van der Waals surface area (Å²) in [7, 11) is 0. The number of rotatable bonds is 6. The molecular formula is C21H31N7O4. The molecule has 2 aromatic rings. The second-order valence-corrected chi connectivity index (χ2v) is 8.60. The van der Waals surface area contributed by atoms with Crippen molar-refractivity contribution in [1.29, 1.82) is 0 Å². The fourth-order valence-electron chi connectivity index (χ4n) is 3.97. The number of nitrogens with two attached hydrogens (primary N) is 1. The van der Waals surface area contributed by atoms with Crippen molar-refractivity contribution in [2.24, 2.45) is 5.73 Å². The Morgan fingerprint density at radius 3 is 2.66 bits per heavy atom. The summed E-state index contributed by atoms with van der Waals surface area (Å²) in [6.07, 6.45) is 6.51. The van der Waals surface area contributed by atoms with E-state index in [1.165, 1.54) is 0 Å². The van der Waals surface area contributed by atoms with Crippen molar-refractivity contribution in [2.75, 3.05) is 31.1 Å². The highest BCUT2D eigenvalue weighted by Gasteiger charge is 2.28. The van der Waals surface area contributed by atoms with Crippen LogP contribution in [0.4, 0.5) is 10.7 Å². The van der Waals surface area contributed by atoms with E-state index in [9.17, 15) is 4.79 Å². The topological polar surface area (TPSA) is 133 Å². The van der Waals surface area contributed by atoms with Gasteiger partial charge in [-0.15, -0.1) is 0 Å². The van der Waals surface area contributed by atoms with E-state index in [1.807, 2.05) is 13.8 Å². The van der Waals surface area contributed by atoms with Gasteiger partial charge in [-0.3, -0.25) is 0 Å². The Kier molecular flexibility index (Phi) is 7.03. The molecule has 2 saturated heterocycles. The second-order valence-electron chi connectivity index (χ2n) is 8.60. The van der Waals surface area contributed by atoms with Crippen LogP contribution in [0.3, 0.4) is 0 Å².